The number of nitrogens with one attached hydrogen (secondary N) is 6. The molecule has 0 aliphatic carbocycles. The molecule has 0 aliphatic rings. The molecule has 12 N–H and O–H groups in total. The number of nitrogens with two attached hydrogens (primary N) is 3. The quantitative estimate of drug-likeness (QED) is 0.111. The van der Waals surface area contributed by atoms with Crippen molar-refractivity contribution in [2.45, 2.75) is 146 Å². The molecule has 34 heteroatoms. The number of anilines is 3. The zero-order valence-corrected chi connectivity index (χ0v) is 51.5. The van der Waals surface area contributed by atoms with Crippen LogP contribution in [0, 0.1) is 6.92 Å². The van der Waals surface area contributed by atoms with Crippen molar-refractivity contribution in [1.82, 2.24) is 107 Å². The van der Waals surface area contributed by atoms with E-state index >= 15 is 0 Å². The molecule has 88 heavy (non-hydrogen) atoms. The molecule has 11 heterocycles. The molecule has 0 aromatic carbocycles. The van der Waals surface area contributed by atoms with Gasteiger partial charge in [-0.3, -0.25) is 62.6 Å². The molecule has 34 nitrogen and oxygen atoms in total. The van der Waals surface area contributed by atoms with E-state index in [1.807, 2.05) is 92.2 Å². The van der Waals surface area contributed by atoms with Crippen LogP contribution in [0.25, 0.3) is 44.7 Å². The summed E-state index contributed by atoms with van der Waals surface area (Å²) in [4.78, 5) is 149. The van der Waals surface area contributed by atoms with Crippen molar-refractivity contribution in [1.29, 1.82) is 0 Å². The Labute approximate surface area is 498 Å². The molecule has 0 amide bonds. The lowest BCUT2D eigenvalue weighted by molar-refractivity contribution is 0.558. The Hall–Kier alpha value is -11.0. The highest BCUT2D eigenvalue weighted by atomic mass is 16.2. The maximum absolute atomic E-state index is 11.4. The summed E-state index contributed by atoms with van der Waals surface area (Å²) < 4.78 is 11.9. The van der Waals surface area contributed by atoms with E-state index in [1.165, 1.54) is 38.6 Å². The molecule has 0 spiro atoms. The number of aryl methyl sites for hydroxylation is 1. The molecule has 0 aliphatic heterocycles. The highest BCUT2D eigenvalue weighted by Crippen LogP contribution is 2.18. The van der Waals surface area contributed by atoms with Gasteiger partial charge in [0.15, 0.2) is 39.3 Å². The van der Waals surface area contributed by atoms with Gasteiger partial charge in [0.25, 0.3) is 27.8 Å². The number of H-pyrrole nitrogens is 6. The number of nitrogens with zero attached hydrogens (tertiary/aromatic N) is 16. The molecule has 11 aromatic rings. The first kappa shape index (κ1) is 67.8. The van der Waals surface area contributed by atoms with Gasteiger partial charge in [-0.05, 0) is 110 Å². The fourth-order valence-corrected chi connectivity index (χ4v) is 7.78. The predicted molar refractivity (Wildman–Crippen MR) is 334 cm³/mol. The van der Waals surface area contributed by atoms with Crippen molar-refractivity contribution >= 4 is 62.2 Å². The molecule has 0 fully saturated rings. The zero-order chi connectivity index (χ0) is 65.6. The summed E-state index contributed by atoms with van der Waals surface area (Å²) in [6, 6.07) is 4.19. The molecule has 11 rings (SSSR count). The van der Waals surface area contributed by atoms with Crippen molar-refractivity contribution in [2.24, 2.45) is 0 Å². The van der Waals surface area contributed by atoms with Gasteiger partial charge in [-0.1, -0.05) is 0 Å². The topological polar surface area (TPSA) is 477 Å². The summed E-state index contributed by atoms with van der Waals surface area (Å²) in [7, 11) is 0. The molecule has 0 atom stereocenters. The third-order valence-electron chi connectivity index (χ3n) is 12.4. The minimum absolute atomic E-state index is 0.0769. The van der Waals surface area contributed by atoms with E-state index in [-0.39, 0.29) is 92.8 Å². The van der Waals surface area contributed by atoms with Crippen molar-refractivity contribution in [3.63, 3.8) is 0 Å². The lowest BCUT2D eigenvalue weighted by Crippen LogP contribution is -2.31. The number of rotatable bonds is 7. The monoisotopic (exact) mass is 1220 g/mol. The Morgan fingerprint density at radius 3 is 1.44 bits per heavy atom. The summed E-state index contributed by atoms with van der Waals surface area (Å²) in [5, 5.41) is 0. The van der Waals surface area contributed by atoms with E-state index in [4.69, 9.17) is 17.2 Å². The maximum atomic E-state index is 11.4. The molecular weight excluding hydrogens is 1140 g/mol. The van der Waals surface area contributed by atoms with E-state index in [2.05, 4.69) is 88.6 Å². The van der Waals surface area contributed by atoms with Crippen molar-refractivity contribution in [3.05, 3.63) is 168 Å². The first-order chi connectivity index (χ1) is 41.3. The van der Waals surface area contributed by atoms with Crippen LogP contribution in [-0.2, 0) is 0 Å². The first-order valence-corrected chi connectivity index (χ1v) is 27.6. The molecule has 11 aromatic heterocycles. The number of hydrogen-bond acceptors (Lipinski definition) is 21. The van der Waals surface area contributed by atoms with Gasteiger partial charge >= 0.3 is 22.8 Å². The molecule has 0 bridgehead atoms. The standard InChI is InChI=1S/C8H11N5O.C8H11N5.C8H10N4O2.C8H10N4O.C8H12N2O2.C7H11N3O.C7H10N2O2/c1-4(2)13-3-10-5-6(13)11-8(9)12-7(5)14;1-5(2)13-4-12-6-7(9)10-3-11-8(6)13;1-4(2)12-3-9-5-6(12)10-8(14)11-7(5)13;1-5(2)12-4-11-6-7(12)9-3-10-8(6)13;1-5(2)10-4-6(3)7(11)9-8(10)12;1-5(2)10-4-3-6(8)9-7(10)11;1-5(2)9-4-3-6(10)8-7(9)11/h3-4H,1-2H3,(H3,9,11,12,14);3-5H,1-2H3,(H2,9,10,11);3-4H,1-2H3,(H2,10,11,13,14);3-5H,1-2H3,(H,9,10,13);4-5H,1-3H3,(H,9,11,12);3-5H,1-2H3,(H2,8,9,11);3-5H,1-2H3,(H,8,10,11). The fourth-order valence-electron chi connectivity index (χ4n) is 7.78. The van der Waals surface area contributed by atoms with Crippen LogP contribution < -0.4 is 67.8 Å². The average molecular weight is 1220 g/mol. The van der Waals surface area contributed by atoms with Crippen LogP contribution in [0.4, 0.5) is 17.6 Å². The Kier molecular flexibility index (Phi) is 22.9. The summed E-state index contributed by atoms with van der Waals surface area (Å²) in [6.07, 6.45) is 14.1. The summed E-state index contributed by atoms with van der Waals surface area (Å²) >= 11 is 0. The number of nitrogen functional groups attached to an aromatic ring is 3. The lowest BCUT2D eigenvalue weighted by atomic mass is 10.3. The van der Waals surface area contributed by atoms with Gasteiger partial charge in [0.2, 0.25) is 5.95 Å². The number of imidazole rings is 4. The van der Waals surface area contributed by atoms with E-state index in [0.29, 0.717) is 50.9 Å². The van der Waals surface area contributed by atoms with Crippen LogP contribution in [0.5, 0.6) is 0 Å². The van der Waals surface area contributed by atoms with E-state index in [0.717, 1.165) is 5.65 Å². The van der Waals surface area contributed by atoms with Crippen LogP contribution in [0.1, 0.15) is 145 Å². The van der Waals surface area contributed by atoms with Crippen LogP contribution >= 0.6 is 0 Å². The molecule has 0 saturated heterocycles. The molecular formula is C54H75N25O9. The second kappa shape index (κ2) is 29.7. The Morgan fingerprint density at radius 1 is 0.420 bits per heavy atom. The Balaban J connectivity index is 0.000000187. The lowest BCUT2D eigenvalue weighted by Gasteiger charge is -2.08. The van der Waals surface area contributed by atoms with Crippen molar-refractivity contribution in [2.75, 3.05) is 17.2 Å². The third kappa shape index (κ3) is 17.1. The number of aromatic nitrogens is 22. The van der Waals surface area contributed by atoms with Gasteiger partial charge in [-0.2, -0.15) is 9.97 Å². The summed E-state index contributed by atoms with van der Waals surface area (Å²) in [5.41, 5.74) is 17.9. The van der Waals surface area contributed by atoms with Gasteiger partial charge in [-0.15, -0.1) is 0 Å². The van der Waals surface area contributed by atoms with E-state index in [9.17, 15) is 43.2 Å². The second-order valence-corrected chi connectivity index (χ2v) is 21.4. The number of aromatic amines is 6. The van der Waals surface area contributed by atoms with Crippen LogP contribution in [0.2, 0.25) is 0 Å². The molecule has 470 valence electrons. The van der Waals surface area contributed by atoms with Gasteiger partial charge in [0.1, 0.15) is 23.3 Å². The minimum atomic E-state index is -0.509. The fraction of sp³-hybridized carbons (Fsp3) is 0.407. The summed E-state index contributed by atoms with van der Waals surface area (Å²) in [5.74, 6) is 0.821. The maximum Gasteiger partial charge on any atom is 0.349 e. The van der Waals surface area contributed by atoms with Crippen LogP contribution in [0.15, 0.2) is 112 Å². The average Bonchev–Trinajstić information content (AvgIpc) is 4.49. The largest absolute Gasteiger partial charge is 0.383 e. The van der Waals surface area contributed by atoms with Crippen molar-refractivity contribution in [3.8, 4) is 0 Å². The Morgan fingerprint density at radius 2 is 0.898 bits per heavy atom. The Bertz CT molecular complexity index is 4710. The minimum Gasteiger partial charge on any atom is -0.383 e. The molecule has 0 radical (unpaired) electrons. The number of hydrogen-bond donors (Lipinski definition) is 9. The van der Waals surface area contributed by atoms with Crippen molar-refractivity contribution < 1.29 is 0 Å². The highest BCUT2D eigenvalue weighted by molar-refractivity contribution is 5.81. The second-order valence-electron chi connectivity index (χ2n) is 21.4. The smallest absolute Gasteiger partial charge is 0.349 e. The predicted octanol–water partition coefficient (Wildman–Crippen LogP) is 2.92. The van der Waals surface area contributed by atoms with Gasteiger partial charge in [0.05, 0.1) is 31.6 Å². The van der Waals surface area contributed by atoms with Gasteiger partial charge in [0, 0.05) is 72.5 Å². The van der Waals surface area contributed by atoms with Gasteiger partial charge < -0.3 is 40.5 Å². The van der Waals surface area contributed by atoms with E-state index in [1.54, 1.807) is 59.8 Å². The van der Waals surface area contributed by atoms with Crippen LogP contribution in [0.3, 0.4) is 0 Å². The molecule has 0 unspecified atom stereocenters. The highest BCUT2D eigenvalue weighted by Gasteiger charge is 2.13. The van der Waals surface area contributed by atoms with E-state index < -0.39 is 11.2 Å². The SMILES string of the molecule is CC(C)n1ccc(=O)[nH]c1=O.CC(C)n1ccc(N)nc1=O.CC(C)n1cnc2c(=O)[nH]c(=O)[nH]c21.CC(C)n1cnc2c(=O)[nH]c(N)nc21.CC(C)n1cnc2c(=O)[nH]cnc21.CC(C)n1cnc2c(N)ncnc21.Cc1cn(C(C)C)c(=O)[nH]c1=O. The number of fused-ring (bicyclic) bond motifs is 4. The first-order valence-electron chi connectivity index (χ1n) is 27.6. The normalized spacial score (nSPS) is 11.0. The third-order valence-corrected chi connectivity index (χ3v) is 12.4. The van der Waals surface area contributed by atoms with Gasteiger partial charge in [-0.25, -0.2) is 54.1 Å². The summed E-state index contributed by atoms with van der Waals surface area (Å²) in [6.45, 7) is 29.1. The van der Waals surface area contributed by atoms with Crippen LogP contribution in [-0.4, -0.2) is 107 Å². The molecule has 0 saturated carbocycles. The zero-order valence-electron chi connectivity index (χ0n) is 51.5.